The Bertz CT molecular complexity index is 1280. The maximum Gasteiger partial charge on any atom is 0.282 e. The molecule has 168 valence electrons. The first kappa shape index (κ1) is 22.1. The van der Waals surface area contributed by atoms with E-state index in [1.165, 1.54) is 38.5 Å². The van der Waals surface area contributed by atoms with Crippen LogP contribution in [-0.4, -0.2) is 26.0 Å². The van der Waals surface area contributed by atoms with Gasteiger partial charge in [-0.2, -0.15) is 0 Å². The van der Waals surface area contributed by atoms with E-state index < -0.39 is 17.6 Å². The van der Waals surface area contributed by atoms with E-state index in [0.717, 1.165) is 16.0 Å². The maximum atomic E-state index is 13.6. The van der Waals surface area contributed by atoms with Gasteiger partial charge in [0.25, 0.3) is 11.8 Å². The zero-order valence-corrected chi connectivity index (χ0v) is 18.7. The van der Waals surface area contributed by atoms with Crippen LogP contribution in [0.25, 0.3) is 5.57 Å². The molecule has 1 aliphatic rings. The van der Waals surface area contributed by atoms with Gasteiger partial charge in [-0.3, -0.25) is 9.59 Å². The molecule has 2 amide bonds. The standard InChI is InChI=1S/C26H23FN2O4/c1-15-6-5-7-21(16(15)2)29-25(30)23(17-8-10-18(27)11-9-17)24(26(29)31)28-20-13-12-19(32-3)14-22(20)33-4/h5-14,28H,1-4H3. The van der Waals surface area contributed by atoms with Gasteiger partial charge in [-0.25, -0.2) is 9.29 Å². The summed E-state index contributed by atoms with van der Waals surface area (Å²) < 4.78 is 24.3. The Morgan fingerprint density at radius 1 is 0.879 bits per heavy atom. The zero-order chi connectivity index (χ0) is 23.7. The number of rotatable bonds is 6. The molecule has 0 atom stereocenters. The lowest BCUT2D eigenvalue weighted by Crippen LogP contribution is -2.33. The van der Waals surface area contributed by atoms with E-state index in [4.69, 9.17) is 9.47 Å². The van der Waals surface area contributed by atoms with E-state index in [1.807, 2.05) is 19.9 Å². The summed E-state index contributed by atoms with van der Waals surface area (Å²) >= 11 is 0. The molecule has 3 aromatic rings. The molecule has 1 aliphatic heterocycles. The summed E-state index contributed by atoms with van der Waals surface area (Å²) in [4.78, 5) is 28.3. The number of benzene rings is 3. The SMILES string of the molecule is COc1ccc(NC2=C(c3ccc(F)cc3)C(=O)N(c3cccc(C)c3C)C2=O)c(OC)c1. The van der Waals surface area contributed by atoms with Crippen molar-refractivity contribution in [3.05, 3.63) is 88.9 Å². The number of carbonyl (C=O) groups excluding carboxylic acids is 2. The van der Waals surface area contributed by atoms with Gasteiger partial charge in [-0.15, -0.1) is 0 Å². The lowest BCUT2D eigenvalue weighted by molar-refractivity contribution is -0.120. The summed E-state index contributed by atoms with van der Waals surface area (Å²) in [5.74, 6) is -0.420. The maximum absolute atomic E-state index is 13.6. The topological polar surface area (TPSA) is 67.9 Å². The van der Waals surface area contributed by atoms with Crippen molar-refractivity contribution < 1.29 is 23.5 Å². The molecule has 33 heavy (non-hydrogen) atoms. The van der Waals surface area contributed by atoms with E-state index in [0.29, 0.717) is 28.4 Å². The van der Waals surface area contributed by atoms with Crippen molar-refractivity contribution in [1.29, 1.82) is 0 Å². The smallest absolute Gasteiger partial charge is 0.282 e. The minimum atomic E-state index is -0.508. The first-order chi connectivity index (χ1) is 15.8. The Kier molecular flexibility index (Phi) is 5.87. The van der Waals surface area contributed by atoms with Crippen molar-refractivity contribution in [2.24, 2.45) is 0 Å². The van der Waals surface area contributed by atoms with Gasteiger partial charge in [-0.05, 0) is 60.9 Å². The highest BCUT2D eigenvalue weighted by atomic mass is 19.1. The Hall–Kier alpha value is -4.13. The van der Waals surface area contributed by atoms with Gasteiger partial charge in [0.05, 0.1) is 31.2 Å². The summed E-state index contributed by atoms with van der Waals surface area (Å²) in [5, 5.41) is 3.08. The van der Waals surface area contributed by atoms with Crippen LogP contribution in [0.1, 0.15) is 16.7 Å². The van der Waals surface area contributed by atoms with Crippen LogP contribution in [0, 0.1) is 19.7 Å². The first-order valence-electron chi connectivity index (χ1n) is 10.3. The zero-order valence-electron chi connectivity index (χ0n) is 18.7. The van der Waals surface area contributed by atoms with E-state index in [9.17, 15) is 14.0 Å². The van der Waals surface area contributed by atoms with Crippen LogP contribution in [-0.2, 0) is 9.59 Å². The number of imide groups is 1. The predicted molar refractivity (Wildman–Crippen MR) is 125 cm³/mol. The van der Waals surface area contributed by atoms with E-state index in [2.05, 4.69) is 5.32 Å². The van der Waals surface area contributed by atoms with Crippen LogP contribution in [0.3, 0.4) is 0 Å². The van der Waals surface area contributed by atoms with Crippen LogP contribution in [0.15, 0.2) is 66.4 Å². The van der Waals surface area contributed by atoms with E-state index in [1.54, 1.807) is 30.3 Å². The average Bonchev–Trinajstić information content (AvgIpc) is 3.06. The number of anilines is 2. The quantitative estimate of drug-likeness (QED) is 0.548. The third-order valence-corrected chi connectivity index (χ3v) is 5.70. The van der Waals surface area contributed by atoms with E-state index >= 15 is 0 Å². The summed E-state index contributed by atoms with van der Waals surface area (Å²) in [5.41, 5.74) is 3.42. The molecule has 0 unspecified atom stereocenters. The van der Waals surface area contributed by atoms with E-state index in [-0.39, 0.29) is 11.3 Å². The number of nitrogens with zero attached hydrogens (tertiary/aromatic N) is 1. The number of hydrogen-bond acceptors (Lipinski definition) is 5. The van der Waals surface area contributed by atoms with Gasteiger partial charge >= 0.3 is 0 Å². The minimum absolute atomic E-state index is 0.0796. The Morgan fingerprint density at radius 3 is 2.27 bits per heavy atom. The van der Waals surface area contributed by atoms with Crippen molar-refractivity contribution >= 4 is 28.8 Å². The second kappa shape index (κ2) is 8.78. The largest absolute Gasteiger partial charge is 0.497 e. The van der Waals surface area contributed by atoms with Crippen LogP contribution in [0.2, 0.25) is 0 Å². The predicted octanol–water partition coefficient (Wildman–Crippen LogP) is 4.86. The Balaban J connectivity index is 1.86. The molecule has 6 nitrogen and oxygen atoms in total. The summed E-state index contributed by atoms with van der Waals surface area (Å²) in [6.45, 7) is 3.78. The number of methoxy groups -OCH3 is 2. The molecule has 7 heteroatoms. The second-order valence-corrected chi connectivity index (χ2v) is 7.61. The highest BCUT2D eigenvalue weighted by Gasteiger charge is 2.41. The van der Waals surface area contributed by atoms with Crippen molar-refractivity contribution in [3.8, 4) is 11.5 Å². The number of halogens is 1. The molecular formula is C26H23FN2O4. The number of amides is 2. The van der Waals surface area contributed by atoms with Crippen LogP contribution in [0.4, 0.5) is 15.8 Å². The number of hydrogen-bond donors (Lipinski definition) is 1. The third kappa shape index (κ3) is 3.93. The Morgan fingerprint density at radius 2 is 1.61 bits per heavy atom. The first-order valence-corrected chi connectivity index (χ1v) is 10.3. The molecule has 0 bridgehead atoms. The van der Waals surface area contributed by atoms with Gasteiger partial charge in [0.15, 0.2) is 0 Å². The number of carbonyl (C=O) groups is 2. The van der Waals surface area contributed by atoms with Gasteiger partial charge in [0.2, 0.25) is 0 Å². The summed E-state index contributed by atoms with van der Waals surface area (Å²) in [6.07, 6.45) is 0. The molecule has 0 saturated heterocycles. The van der Waals surface area contributed by atoms with Gasteiger partial charge in [-0.1, -0.05) is 24.3 Å². The fourth-order valence-corrected chi connectivity index (χ4v) is 3.76. The lowest BCUT2D eigenvalue weighted by Gasteiger charge is -2.19. The average molecular weight is 446 g/mol. The summed E-state index contributed by atoms with van der Waals surface area (Å²) in [7, 11) is 3.04. The molecule has 1 heterocycles. The molecule has 0 fully saturated rings. The molecule has 0 saturated carbocycles. The highest BCUT2D eigenvalue weighted by Crippen LogP contribution is 2.38. The molecule has 0 aliphatic carbocycles. The molecule has 3 aromatic carbocycles. The highest BCUT2D eigenvalue weighted by molar-refractivity contribution is 6.46. The van der Waals surface area contributed by atoms with Crippen molar-refractivity contribution in [2.45, 2.75) is 13.8 Å². The molecular weight excluding hydrogens is 423 g/mol. The van der Waals surface area contributed by atoms with Gasteiger partial charge in [0, 0.05) is 6.07 Å². The number of aryl methyl sites for hydroxylation is 1. The molecule has 0 spiro atoms. The summed E-state index contributed by atoms with van der Waals surface area (Å²) in [6, 6.07) is 16.0. The van der Waals surface area contributed by atoms with Gasteiger partial charge in [0.1, 0.15) is 23.0 Å². The fourth-order valence-electron chi connectivity index (χ4n) is 3.76. The van der Waals surface area contributed by atoms with Crippen LogP contribution >= 0.6 is 0 Å². The van der Waals surface area contributed by atoms with Crippen molar-refractivity contribution in [1.82, 2.24) is 0 Å². The molecule has 0 aromatic heterocycles. The second-order valence-electron chi connectivity index (χ2n) is 7.61. The normalized spacial score (nSPS) is 13.5. The minimum Gasteiger partial charge on any atom is -0.497 e. The van der Waals surface area contributed by atoms with Crippen LogP contribution < -0.4 is 19.7 Å². The Labute approximate surface area is 191 Å². The van der Waals surface area contributed by atoms with Crippen molar-refractivity contribution in [2.75, 3.05) is 24.4 Å². The fraction of sp³-hybridized carbons (Fsp3) is 0.154. The monoisotopic (exact) mass is 446 g/mol. The van der Waals surface area contributed by atoms with Crippen molar-refractivity contribution in [3.63, 3.8) is 0 Å². The molecule has 0 radical (unpaired) electrons. The van der Waals surface area contributed by atoms with Gasteiger partial charge < -0.3 is 14.8 Å². The number of nitrogens with one attached hydrogen (secondary N) is 1. The van der Waals surface area contributed by atoms with Crippen LogP contribution in [0.5, 0.6) is 11.5 Å². The number of ether oxygens (including phenoxy) is 2. The molecule has 1 N–H and O–H groups in total. The lowest BCUT2D eigenvalue weighted by atomic mass is 10.0. The third-order valence-electron chi connectivity index (χ3n) is 5.70. The molecule has 4 rings (SSSR count).